The molecule has 138 valence electrons. The summed E-state index contributed by atoms with van der Waals surface area (Å²) in [4.78, 5) is 16.8. The second-order valence-corrected chi connectivity index (χ2v) is 7.83. The van der Waals surface area contributed by atoms with Crippen molar-refractivity contribution in [3.8, 4) is 21.9 Å². The molecule has 0 fully saturated rings. The van der Waals surface area contributed by atoms with E-state index in [1.807, 2.05) is 67.3 Å². The SMILES string of the molecule is CC(C)N(Cc1ccccc1)C(=O)c1ccc(-c2ccc3c(c2)OCO3)s1. The average Bonchev–Trinajstić information content (AvgIpc) is 3.35. The molecule has 0 saturated carbocycles. The Bertz CT molecular complexity index is 949. The second-order valence-electron chi connectivity index (χ2n) is 6.74. The number of rotatable bonds is 5. The van der Waals surface area contributed by atoms with Crippen molar-refractivity contribution >= 4 is 17.2 Å². The smallest absolute Gasteiger partial charge is 0.264 e. The Labute approximate surface area is 163 Å². The quantitative estimate of drug-likeness (QED) is 0.612. The summed E-state index contributed by atoms with van der Waals surface area (Å²) >= 11 is 1.51. The van der Waals surface area contributed by atoms with Gasteiger partial charge in [-0.05, 0) is 55.3 Å². The third-order valence-electron chi connectivity index (χ3n) is 4.55. The molecule has 2 aromatic carbocycles. The van der Waals surface area contributed by atoms with Crippen molar-refractivity contribution in [3.63, 3.8) is 0 Å². The van der Waals surface area contributed by atoms with Gasteiger partial charge in [-0.15, -0.1) is 11.3 Å². The van der Waals surface area contributed by atoms with Gasteiger partial charge in [-0.25, -0.2) is 0 Å². The normalized spacial score (nSPS) is 12.4. The van der Waals surface area contributed by atoms with Crippen molar-refractivity contribution in [2.45, 2.75) is 26.4 Å². The maximum Gasteiger partial charge on any atom is 0.264 e. The summed E-state index contributed by atoms with van der Waals surface area (Å²) in [5, 5.41) is 0. The lowest BCUT2D eigenvalue weighted by molar-refractivity contribution is 0.0695. The van der Waals surface area contributed by atoms with Gasteiger partial charge >= 0.3 is 0 Å². The third-order valence-corrected chi connectivity index (χ3v) is 5.68. The Morgan fingerprint density at radius 3 is 2.59 bits per heavy atom. The number of carbonyl (C=O) groups excluding carboxylic acids is 1. The van der Waals surface area contributed by atoms with E-state index in [1.54, 1.807) is 0 Å². The number of ether oxygens (including phenoxy) is 2. The lowest BCUT2D eigenvalue weighted by Gasteiger charge is -2.26. The van der Waals surface area contributed by atoms with E-state index in [2.05, 4.69) is 12.1 Å². The fraction of sp³-hybridized carbons (Fsp3) is 0.227. The molecule has 1 amide bonds. The number of fused-ring (bicyclic) bond motifs is 1. The van der Waals surface area contributed by atoms with E-state index in [0.717, 1.165) is 32.4 Å². The summed E-state index contributed by atoms with van der Waals surface area (Å²) in [6.07, 6.45) is 0. The average molecular weight is 379 g/mol. The number of benzene rings is 2. The first kappa shape index (κ1) is 17.6. The van der Waals surface area contributed by atoms with Gasteiger partial charge in [0, 0.05) is 17.5 Å². The molecule has 0 atom stereocenters. The first-order valence-electron chi connectivity index (χ1n) is 8.96. The van der Waals surface area contributed by atoms with Crippen molar-refractivity contribution in [1.29, 1.82) is 0 Å². The Morgan fingerprint density at radius 2 is 1.81 bits per heavy atom. The third kappa shape index (κ3) is 3.69. The van der Waals surface area contributed by atoms with Crippen LogP contribution in [0.1, 0.15) is 29.1 Å². The van der Waals surface area contributed by atoms with Crippen LogP contribution >= 0.6 is 11.3 Å². The zero-order valence-electron chi connectivity index (χ0n) is 15.3. The Kier molecular flexibility index (Phi) is 4.86. The van der Waals surface area contributed by atoms with Crippen LogP contribution in [0.3, 0.4) is 0 Å². The molecule has 0 N–H and O–H groups in total. The first-order valence-corrected chi connectivity index (χ1v) is 9.78. The molecule has 27 heavy (non-hydrogen) atoms. The molecule has 0 bridgehead atoms. The maximum absolute atomic E-state index is 13.1. The van der Waals surface area contributed by atoms with E-state index >= 15 is 0 Å². The van der Waals surface area contributed by atoms with Crippen LogP contribution in [-0.2, 0) is 6.54 Å². The molecule has 0 unspecified atom stereocenters. The van der Waals surface area contributed by atoms with Crippen LogP contribution in [0.2, 0.25) is 0 Å². The standard InChI is InChI=1S/C22H21NO3S/c1-15(2)23(13-16-6-4-3-5-7-16)22(24)21-11-10-20(27-21)17-8-9-18-19(12-17)26-14-25-18/h3-12,15H,13-14H2,1-2H3. The summed E-state index contributed by atoms with van der Waals surface area (Å²) in [5.74, 6) is 1.58. The minimum absolute atomic E-state index is 0.0610. The summed E-state index contributed by atoms with van der Waals surface area (Å²) in [6.45, 7) is 4.96. The van der Waals surface area contributed by atoms with E-state index in [4.69, 9.17) is 9.47 Å². The fourth-order valence-electron chi connectivity index (χ4n) is 3.07. The lowest BCUT2D eigenvalue weighted by atomic mass is 10.1. The number of nitrogens with zero attached hydrogens (tertiary/aromatic N) is 1. The van der Waals surface area contributed by atoms with Crippen LogP contribution in [0.15, 0.2) is 60.7 Å². The van der Waals surface area contributed by atoms with E-state index in [1.165, 1.54) is 11.3 Å². The predicted octanol–water partition coefficient (Wildman–Crippen LogP) is 5.19. The number of hydrogen-bond acceptors (Lipinski definition) is 4. The topological polar surface area (TPSA) is 38.8 Å². The van der Waals surface area contributed by atoms with Crippen molar-refractivity contribution < 1.29 is 14.3 Å². The number of thiophene rings is 1. The maximum atomic E-state index is 13.1. The Hall–Kier alpha value is -2.79. The van der Waals surface area contributed by atoms with Crippen LogP contribution < -0.4 is 9.47 Å². The van der Waals surface area contributed by atoms with Gasteiger partial charge in [-0.2, -0.15) is 0 Å². The molecule has 2 heterocycles. The second kappa shape index (κ2) is 7.45. The molecule has 5 heteroatoms. The molecule has 1 aliphatic heterocycles. The highest BCUT2D eigenvalue weighted by molar-refractivity contribution is 7.17. The number of amides is 1. The molecule has 0 spiro atoms. The molecular weight excluding hydrogens is 358 g/mol. The molecule has 4 nitrogen and oxygen atoms in total. The molecule has 1 aliphatic rings. The summed E-state index contributed by atoms with van der Waals surface area (Å²) < 4.78 is 10.8. The Balaban J connectivity index is 1.56. The summed E-state index contributed by atoms with van der Waals surface area (Å²) in [7, 11) is 0. The Morgan fingerprint density at radius 1 is 1.04 bits per heavy atom. The highest BCUT2D eigenvalue weighted by Gasteiger charge is 2.21. The van der Waals surface area contributed by atoms with E-state index in [0.29, 0.717) is 6.54 Å². The zero-order valence-corrected chi connectivity index (χ0v) is 16.2. The minimum Gasteiger partial charge on any atom is -0.454 e. The highest BCUT2D eigenvalue weighted by atomic mass is 32.1. The van der Waals surface area contributed by atoms with Gasteiger partial charge in [0.15, 0.2) is 11.5 Å². The molecular formula is C22H21NO3S. The lowest BCUT2D eigenvalue weighted by Crippen LogP contribution is -2.35. The molecule has 0 saturated heterocycles. The largest absolute Gasteiger partial charge is 0.454 e. The van der Waals surface area contributed by atoms with Crippen molar-refractivity contribution in [2.24, 2.45) is 0 Å². The first-order chi connectivity index (χ1) is 13.1. The zero-order chi connectivity index (χ0) is 18.8. The van der Waals surface area contributed by atoms with Gasteiger partial charge in [0.1, 0.15) is 0 Å². The van der Waals surface area contributed by atoms with Gasteiger partial charge in [0.2, 0.25) is 6.79 Å². The molecule has 0 radical (unpaired) electrons. The van der Waals surface area contributed by atoms with Crippen LogP contribution in [-0.4, -0.2) is 23.6 Å². The van der Waals surface area contributed by atoms with Gasteiger partial charge in [0.25, 0.3) is 5.91 Å². The van der Waals surface area contributed by atoms with Crippen LogP contribution in [0.5, 0.6) is 11.5 Å². The predicted molar refractivity (Wildman–Crippen MR) is 107 cm³/mol. The van der Waals surface area contributed by atoms with E-state index in [-0.39, 0.29) is 18.7 Å². The van der Waals surface area contributed by atoms with Crippen molar-refractivity contribution in [3.05, 3.63) is 71.1 Å². The van der Waals surface area contributed by atoms with Crippen LogP contribution in [0.4, 0.5) is 0 Å². The minimum atomic E-state index is 0.0610. The summed E-state index contributed by atoms with van der Waals surface area (Å²) in [6, 6.07) is 20.0. The molecule has 4 rings (SSSR count). The van der Waals surface area contributed by atoms with Gasteiger partial charge in [0.05, 0.1) is 4.88 Å². The molecule has 1 aromatic heterocycles. The van der Waals surface area contributed by atoms with Crippen LogP contribution in [0, 0.1) is 0 Å². The number of carbonyl (C=O) groups is 1. The van der Waals surface area contributed by atoms with E-state index < -0.39 is 0 Å². The molecule has 0 aliphatic carbocycles. The van der Waals surface area contributed by atoms with Crippen molar-refractivity contribution in [2.75, 3.05) is 6.79 Å². The van der Waals surface area contributed by atoms with E-state index in [9.17, 15) is 4.79 Å². The van der Waals surface area contributed by atoms with Crippen LogP contribution in [0.25, 0.3) is 10.4 Å². The van der Waals surface area contributed by atoms with Crippen molar-refractivity contribution in [1.82, 2.24) is 4.90 Å². The molecule has 3 aromatic rings. The summed E-state index contributed by atoms with van der Waals surface area (Å²) in [5.41, 5.74) is 2.16. The highest BCUT2D eigenvalue weighted by Crippen LogP contribution is 2.38. The number of hydrogen-bond donors (Lipinski definition) is 0. The van der Waals surface area contributed by atoms with Gasteiger partial charge in [-0.1, -0.05) is 30.3 Å². The van der Waals surface area contributed by atoms with Gasteiger partial charge in [-0.3, -0.25) is 4.79 Å². The fourth-order valence-corrected chi connectivity index (χ4v) is 4.03. The van der Waals surface area contributed by atoms with Gasteiger partial charge < -0.3 is 14.4 Å². The monoisotopic (exact) mass is 379 g/mol.